The predicted molar refractivity (Wildman–Crippen MR) is 137 cm³/mol. The fourth-order valence-electron chi connectivity index (χ4n) is 3.86. The van der Waals surface area contributed by atoms with Crippen LogP contribution in [0.15, 0.2) is 12.1 Å². The number of rotatable bonds is 12. The Labute approximate surface area is 211 Å². The first-order chi connectivity index (χ1) is 16.7. The zero-order valence-electron chi connectivity index (χ0n) is 21.5. The fourth-order valence-corrected chi connectivity index (χ4v) is 4.83. The van der Waals surface area contributed by atoms with Crippen LogP contribution < -0.4 is 9.47 Å². The molecule has 1 saturated heterocycles. The number of thiazole rings is 1. The fraction of sp³-hybridized carbons (Fsp3) is 0.680. The largest absolute Gasteiger partial charge is 0.493 e. The molecule has 10 heteroatoms. The first-order valence-corrected chi connectivity index (χ1v) is 13.0. The van der Waals surface area contributed by atoms with Crippen LogP contribution in [0.2, 0.25) is 0 Å². The molecule has 0 saturated carbocycles. The summed E-state index contributed by atoms with van der Waals surface area (Å²) in [5, 5.41) is 10.3. The van der Waals surface area contributed by atoms with Gasteiger partial charge in [0.1, 0.15) is 5.01 Å². The molecule has 0 radical (unpaired) electrons. The van der Waals surface area contributed by atoms with Gasteiger partial charge in [0.25, 0.3) is 0 Å². The molecule has 1 unspecified atom stereocenters. The molecular formula is C25H39N3O6S. The summed E-state index contributed by atoms with van der Waals surface area (Å²) in [6.45, 7) is 9.60. The normalized spacial score (nSPS) is 16.6. The summed E-state index contributed by atoms with van der Waals surface area (Å²) in [5.74, 6) is 1.29. The average Bonchev–Trinajstić information content (AvgIpc) is 3.21. The number of hydrogen-bond donors (Lipinski definition) is 1. The molecule has 1 aliphatic rings. The van der Waals surface area contributed by atoms with E-state index < -0.39 is 11.6 Å². The molecule has 1 aromatic carbocycles. The van der Waals surface area contributed by atoms with Gasteiger partial charge < -0.3 is 29.0 Å². The maximum absolute atomic E-state index is 11.7. The molecule has 2 heterocycles. The average molecular weight is 510 g/mol. The number of methoxy groups -OCH3 is 1. The Bertz CT molecular complexity index is 955. The van der Waals surface area contributed by atoms with Crippen LogP contribution in [0.4, 0.5) is 4.79 Å². The maximum atomic E-state index is 11.7. The summed E-state index contributed by atoms with van der Waals surface area (Å²) in [5.41, 5.74) is 0.262. The van der Waals surface area contributed by atoms with Crippen molar-refractivity contribution in [3.05, 3.63) is 17.1 Å². The molecule has 9 nitrogen and oxygen atoms in total. The van der Waals surface area contributed by atoms with Crippen LogP contribution in [-0.2, 0) is 16.0 Å². The van der Waals surface area contributed by atoms with Crippen molar-refractivity contribution in [2.75, 3.05) is 47.1 Å². The van der Waals surface area contributed by atoms with E-state index in [2.05, 4.69) is 16.9 Å². The summed E-state index contributed by atoms with van der Waals surface area (Å²) in [7, 11) is 3.69. The molecule has 2 aromatic rings. The van der Waals surface area contributed by atoms with Crippen molar-refractivity contribution in [1.82, 2.24) is 14.8 Å². The van der Waals surface area contributed by atoms with Gasteiger partial charge in [0.2, 0.25) is 0 Å². The minimum absolute atomic E-state index is 0.0465. The van der Waals surface area contributed by atoms with Gasteiger partial charge in [0.05, 0.1) is 37.1 Å². The predicted octanol–water partition coefficient (Wildman–Crippen LogP) is 4.83. The molecule has 0 aliphatic carbocycles. The van der Waals surface area contributed by atoms with E-state index in [-0.39, 0.29) is 12.8 Å². The topological polar surface area (TPSA) is 93.6 Å². The first-order valence-electron chi connectivity index (χ1n) is 12.2. The van der Waals surface area contributed by atoms with Crippen LogP contribution in [0.1, 0.15) is 51.5 Å². The van der Waals surface area contributed by atoms with Gasteiger partial charge in [-0.15, -0.1) is 11.3 Å². The van der Waals surface area contributed by atoms with Gasteiger partial charge in [-0.1, -0.05) is 0 Å². The van der Waals surface area contributed by atoms with E-state index in [0.717, 1.165) is 54.2 Å². The Morgan fingerprint density at radius 1 is 1.23 bits per heavy atom. The van der Waals surface area contributed by atoms with Gasteiger partial charge in [-0.3, -0.25) is 4.90 Å². The molecule has 35 heavy (non-hydrogen) atoms. The smallest absolute Gasteiger partial charge is 0.408 e. The van der Waals surface area contributed by atoms with Crippen molar-refractivity contribution in [1.29, 1.82) is 0 Å². The van der Waals surface area contributed by atoms with E-state index in [1.54, 1.807) is 7.11 Å². The van der Waals surface area contributed by atoms with E-state index in [9.17, 15) is 9.90 Å². The number of ether oxygens (including phenoxy) is 4. The van der Waals surface area contributed by atoms with Gasteiger partial charge in [-0.05, 0) is 53.5 Å². The molecule has 1 atom stereocenters. The SMILES string of the molecule is COc1cc2sc(CN(C(=O)O)C(C)(C)C)nc2cc1OCCCN(C)CCOC1CCCCO1. The highest BCUT2D eigenvalue weighted by Crippen LogP contribution is 2.35. The quantitative estimate of drug-likeness (QED) is 0.407. The lowest BCUT2D eigenvalue weighted by molar-refractivity contribution is -0.163. The highest BCUT2D eigenvalue weighted by atomic mass is 32.1. The van der Waals surface area contributed by atoms with Crippen molar-refractivity contribution < 1.29 is 28.8 Å². The Balaban J connectivity index is 1.50. The van der Waals surface area contributed by atoms with Crippen molar-refractivity contribution in [2.45, 2.75) is 64.8 Å². The van der Waals surface area contributed by atoms with Gasteiger partial charge >= 0.3 is 6.09 Å². The van der Waals surface area contributed by atoms with E-state index >= 15 is 0 Å². The highest BCUT2D eigenvalue weighted by molar-refractivity contribution is 7.18. The first kappa shape index (κ1) is 27.4. The van der Waals surface area contributed by atoms with E-state index in [1.165, 1.54) is 22.7 Å². The number of carboxylic acid groups (broad SMARTS) is 1. The lowest BCUT2D eigenvalue weighted by Gasteiger charge is -2.32. The van der Waals surface area contributed by atoms with Crippen LogP contribution >= 0.6 is 11.3 Å². The van der Waals surface area contributed by atoms with Crippen LogP contribution in [0, 0.1) is 0 Å². The number of aromatic nitrogens is 1. The monoisotopic (exact) mass is 509 g/mol. The van der Waals surface area contributed by atoms with E-state index in [4.69, 9.17) is 18.9 Å². The molecule has 0 bridgehead atoms. The molecule has 196 valence electrons. The molecule has 3 rings (SSSR count). The Morgan fingerprint density at radius 3 is 2.69 bits per heavy atom. The summed E-state index contributed by atoms with van der Waals surface area (Å²) in [6.07, 6.45) is 3.14. The molecule has 1 fully saturated rings. The second-order valence-corrected chi connectivity index (χ2v) is 10.9. The van der Waals surface area contributed by atoms with Gasteiger partial charge in [-0.2, -0.15) is 0 Å². The number of carbonyl (C=O) groups is 1. The van der Waals surface area contributed by atoms with Crippen molar-refractivity contribution in [3.63, 3.8) is 0 Å². The minimum atomic E-state index is -0.961. The molecule has 1 N–H and O–H groups in total. The lowest BCUT2D eigenvalue weighted by Crippen LogP contribution is -2.44. The number of benzene rings is 1. The molecule has 0 spiro atoms. The summed E-state index contributed by atoms with van der Waals surface area (Å²) < 4.78 is 23.9. The number of nitrogens with zero attached hydrogens (tertiary/aromatic N) is 3. The Hall–Kier alpha value is -2.14. The molecule has 1 aliphatic heterocycles. The van der Waals surface area contributed by atoms with Gasteiger partial charge in [-0.25, -0.2) is 9.78 Å². The highest BCUT2D eigenvalue weighted by Gasteiger charge is 2.27. The van der Waals surface area contributed by atoms with Gasteiger partial charge in [0.15, 0.2) is 17.8 Å². The zero-order chi connectivity index (χ0) is 25.4. The van der Waals surface area contributed by atoms with E-state index in [0.29, 0.717) is 24.7 Å². The third-order valence-electron chi connectivity index (χ3n) is 5.91. The van der Waals surface area contributed by atoms with Crippen molar-refractivity contribution >= 4 is 27.6 Å². The standard InChI is InChI=1S/C25H39N3O6S/c1-25(2,3)28(24(29)30)17-22-26-18-15-20(19(31-5)16-21(18)35-22)32-13-8-10-27(4)11-14-34-23-9-6-7-12-33-23/h15-16,23H,6-14,17H2,1-5H3,(H,29,30). The molecular weight excluding hydrogens is 470 g/mol. The second kappa shape index (κ2) is 12.7. The van der Waals surface area contributed by atoms with Crippen LogP contribution in [0.3, 0.4) is 0 Å². The third-order valence-corrected chi connectivity index (χ3v) is 6.91. The van der Waals surface area contributed by atoms with Crippen molar-refractivity contribution in [2.24, 2.45) is 0 Å². The van der Waals surface area contributed by atoms with Crippen molar-refractivity contribution in [3.8, 4) is 11.5 Å². The van der Waals surface area contributed by atoms with Crippen LogP contribution in [0.25, 0.3) is 10.2 Å². The number of fused-ring (bicyclic) bond motifs is 1. The number of amides is 1. The Morgan fingerprint density at radius 2 is 2.03 bits per heavy atom. The lowest BCUT2D eigenvalue weighted by atomic mass is 10.1. The zero-order valence-corrected chi connectivity index (χ0v) is 22.4. The summed E-state index contributed by atoms with van der Waals surface area (Å²) >= 11 is 1.47. The van der Waals surface area contributed by atoms with Crippen LogP contribution in [-0.4, -0.2) is 84.9 Å². The van der Waals surface area contributed by atoms with E-state index in [1.807, 2.05) is 32.9 Å². The van der Waals surface area contributed by atoms with Crippen LogP contribution in [0.5, 0.6) is 11.5 Å². The van der Waals surface area contributed by atoms with Gasteiger partial charge in [0, 0.05) is 37.4 Å². The second-order valence-electron chi connectivity index (χ2n) is 9.79. The number of hydrogen-bond acceptors (Lipinski definition) is 8. The number of likely N-dealkylation sites (N-methyl/N-ethyl adjacent to an activating group) is 1. The minimum Gasteiger partial charge on any atom is -0.493 e. The molecule has 1 amide bonds. The maximum Gasteiger partial charge on any atom is 0.408 e. The third kappa shape index (κ3) is 8.20. The summed E-state index contributed by atoms with van der Waals surface area (Å²) in [6, 6.07) is 3.78. The summed E-state index contributed by atoms with van der Waals surface area (Å²) in [4.78, 5) is 20.0. The Kier molecular flexibility index (Phi) is 9.97. The molecule has 1 aromatic heterocycles.